The highest BCUT2D eigenvalue weighted by molar-refractivity contribution is 5.62. The van der Waals surface area contributed by atoms with Crippen LogP contribution in [0.15, 0.2) is 12.1 Å². The number of aliphatic hydroxyl groups is 2. The van der Waals surface area contributed by atoms with Gasteiger partial charge in [-0.1, -0.05) is 6.07 Å². The van der Waals surface area contributed by atoms with Crippen molar-refractivity contribution in [3.05, 3.63) is 23.3 Å². The van der Waals surface area contributed by atoms with Gasteiger partial charge in [0.25, 0.3) is 0 Å². The van der Waals surface area contributed by atoms with Gasteiger partial charge in [0.1, 0.15) is 17.7 Å². The van der Waals surface area contributed by atoms with Crippen LogP contribution in [0, 0.1) is 5.92 Å². The number of rotatable bonds is 2. The molecular formula is C21H28NO4+. The lowest BCUT2D eigenvalue weighted by molar-refractivity contribution is -0.950. The molecule has 0 aromatic heterocycles. The van der Waals surface area contributed by atoms with Crippen LogP contribution in [0.2, 0.25) is 0 Å². The van der Waals surface area contributed by atoms with E-state index in [9.17, 15) is 15.3 Å². The molecule has 6 rings (SSSR count). The number of hydrogen-bond donors (Lipinski definition) is 3. The van der Waals surface area contributed by atoms with E-state index in [4.69, 9.17) is 4.74 Å². The second-order valence-corrected chi connectivity index (χ2v) is 9.79. The fourth-order valence-corrected chi connectivity index (χ4v) is 7.13. The lowest BCUT2D eigenvalue weighted by Gasteiger charge is -2.65. The van der Waals surface area contributed by atoms with Crippen molar-refractivity contribution >= 4 is 0 Å². The molecule has 3 fully saturated rings. The summed E-state index contributed by atoms with van der Waals surface area (Å²) in [6.45, 7) is 2.15. The third-order valence-corrected chi connectivity index (χ3v) is 8.45. The largest absolute Gasteiger partial charge is 0.504 e. The molecule has 5 nitrogen and oxygen atoms in total. The van der Waals surface area contributed by atoms with Crippen molar-refractivity contribution in [3.8, 4) is 11.5 Å². The van der Waals surface area contributed by atoms with Crippen LogP contribution in [0.5, 0.6) is 11.5 Å². The van der Waals surface area contributed by atoms with E-state index in [1.807, 2.05) is 6.07 Å². The molecule has 3 N–H and O–H groups in total. The number of piperidine rings is 1. The predicted octanol–water partition coefficient (Wildman–Crippen LogP) is 1.46. The quantitative estimate of drug-likeness (QED) is 0.700. The second-order valence-electron chi connectivity index (χ2n) is 9.79. The minimum atomic E-state index is -0.870. The van der Waals surface area contributed by atoms with Gasteiger partial charge in [-0.05, 0) is 37.3 Å². The molecule has 3 unspecified atom stereocenters. The molecule has 0 amide bonds. The number of ether oxygens (including phenoxy) is 1. The normalized spacial score (nSPS) is 48.0. The monoisotopic (exact) mass is 358 g/mol. The van der Waals surface area contributed by atoms with Crippen molar-refractivity contribution in [3.63, 3.8) is 0 Å². The number of nitrogens with zero attached hydrogens (tertiary/aromatic N) is 1. The van der Waals surface area contributed by atoms with Crippen molar-refractivity contribution in [2.75, 3.05) is 20.1 Å². The molecule has 26 heavy (non-hydrogen) atoms. The first-order chi connectivity index (χ1) is 12.4. The van der Waals surface area contributed by atoms with Gasteiger partial charge in [0.2, 0.25) is 0 Å². The van der Waals surface area contributed by atoms with E-state index in [0.717, 1.165) is 41.9 Å². The Morgan fingerprint density at radius 1 is 1.23 bits per heavy atom. The van der Waals surface area contributed by atoms with Crippen molar-refractivity contribution in [1.82, 2.24) is 0 Å². The molecule has 140 valence electrons. The average molecular weight is 358 g/mol. The smallest absolute Gasteiger partial charge is 0.165 e. The van der Waals surface area contributed by atoms with Gasteiger partial charge in [-0.2, -0.15) is 0 Å². The maximum absolute atomic E-state index is 12.2. The Kier molecular flexibility index (Phi) is 2.76. The van der Waals surface area contributed by atoms with Gasteiger partial charge in [0.05, 0.1) is 31.7 Å². The van der Waals surface area contributed by atoms with Gasteiger partial charge in [0, 0.05) is 24.3 Å². The Bertz CT molecular complexity index is 807. The number of benzene rings is 1. The van der Waals surface area contributed by atoms with Crippen LogP contribution in [0.25, 0.3) is 0 Å². The van der Waals surface area contributed by atoms with Crippen LogP contribution in [-0.2, 0) is 11.8 Å². The Morgan fingerprint density at radius 2 is 2.04 bits per heavy atom. The van der Waals surface area contributed by atoms with E-state index in [2.05, 4.69) is 7.05 Å². The summed E-state index contributed by atoms with van der Waals surface area (Å²) in [7, 11) is 2.33. The second kappa shape index (κ2) is 4.57. The van der Waals surface area contributed by atoms with Crippen LogP contribution >= 0.6 is 0 Å². The highest BCUT2D eigenvalue weighted by atomic mass is 16.5. The summed E-state index contributed by atoms with van der Waals surface area (Å²) < 4.78 is 7.11. The number of hydrogen-bond acceptors (Lipinski definition) is 4. The van der Waals surface area contributed by atoms with Gasteiger partial charge in [-0.3, -0.25) is 0 Å². The van der Waals surface area contributed by atoms with Crippen molar-refractivity contribution < 1.29 is 24.5 Å². The van der Waals surface area contributed by atoms with E-state index in [-0.39, 0.29) is 11.8 Å². The fourth-order valence-electron chi connectivity index (χ4n) is 7.13. The zero-order valence-corrected chi connectivity index (χ0v) is 15.3. The number of aliphatic hydroxyl groups excluding tert-OH is 1. The molecule has 2 saturated carbocycles. The molecule has 1 aromatic carbocycles. The molecule has 1 saturated heterocycles. The SMILES string of the molecule is C[N+]1(CC2CC2)CC[C@]23c4c5ccc(O)c4OC2[C@H](O)CC[C@@]3(O)C1C5. The lowest BCUT2D eigenvalue weighted by Crippen LogP contribution is -2.81. The number of likely N-dealkylation sites (tertiary alicyclic amines) is 1. The van der Waals surface area contributed by atoms with E-state index >= 15 is 0 Å². The Morgan fingerprint density at radius 3 is 2.81 bits per heavy atom. The molecule has 0 radical (unpaired) electrons. The van der Waals surface area contributed by atoms with Gasteiger partial charge >= 0.3 is 0 Å². The number of aromatic hydroxyl groups is 1. The molecule has 1 aromatic rings. The zero-order valence-electron chi connectivity index (χ0n) is 15.3. The summed E-state index contributed by atoms with van der Waals surface area (Å²) >= 11 is 0. The van der Waals surface area contributed by atoms with Crippen LogP contribution in [-0.4, -0.2) is 63.8 Å². The van der Waals surface area contributed by atoms with Crippen molar-refractivity contribution in [1.29, 1.82) is 0 Å². The van der Waals surface area contributed by atoms with Crippen LogP contribution in [0.3, 0.4) is 0 Å². The molecule has 2 bridgehead atoms. The minimum absolute atomic E-state index is 0.137. The molecule has 1 spiro atoms. The summed E-state index contributed by atoms with van der Waals surface area (Å²) in [5, 5.41) is 33.4. The van der Waals surface area contributed by atoms with Gasteiger partial charge in [-0.25, -0.2) is 0 Å². The van der Waals surface area contributed by atoms with Crippen molar-refractivity contribution in [2.45, 2.75) is 67.8 Å². The first kappa shape index (κ1) is 15.7. The van der Waals surface area contributed by atoms with E-state index in [1.54, 1.807) is 6.07 Å². The highest BCUT2D eigenvalue weighted by Gasteiger charge is 2.76. The Balaban J connectivity index is 1.59. The number of quaternary nitrogens is 1. The molecular weight excluding hydrogens is 330 g/mol. The number of phenolic OH excluding ortho intramolecular Hbond substituents is 1. The number of likely N-dealkylation sites (N-methyl/N-ethyl adjacent to an activating group) is 1. The summed E-state index contributed by atoms with van der Waals surface area (Å²) in [5.41, 5.74) is 0.755. The van der Waals surface area contributed by atoms with Crippen molar-refractivity contribution in [2.24, 2.45) is 5.92 Å². The fraction of sp³-hybridized carbons (Fsp3) is 0.714. The minimum Gasteiger partial charge on any atom is -0.504 e. The molecule has 2 aliphatic heterocycles. The van der Waals surface area contributed by atoms with Gasteiger partial charge in [-0.15, -0.1) is 0 Å². The summed E-state index contributed by atoms with van der Waals surface area (Å²) in [5.74, 6) is 1.46. The van der Waals surface area contributed by atoms with Crippen LogP contribution < -0.4 is 4.74 Å². The van der Waals surface area contributed by atoms with Gasteiger partial charge < -0.3 is 24.5 Å². The maximum Gasteiger partial charge on any atom is 0.165 e. The predicted molar refractivity (Wildman–Crippen MR) is 95.1 cm³/mol. The first-order valence-corrected chi connectivity index (χ1v) is 10.2. The van der Waals surface area contributed by atoms with Crippen LogP contribution in [0.4, 0.5) is 0 Å². The van der Waals surface area contributed by atoms with E-state index < -0.39 is 23.2 Å². The molecule has 2 heterocycles. The summed E-state index contributed by atoms with van der Waals surface area (Å²) in [6.07, 6.45) is 4.44. The van der Waals surface area contributed by atoms with E-state index in [0.29, 0.717) is 18.6 Å². The molecule has 6 atom stereocenters. The lowest BCUT2D eigenvalue weighted by atomic mass is 9.48. The zero-order chi connectivity index (χ0) is 17.9. The molecule has 5 heteroatoms. The number of phenols is 1. The Labute approximate surface area is 153 Å². The molecule has 3 aliphatic carbocycles. The van der Waals surface area contributed by atoms with Crippen LogP contribution in [0.1, 0.15) is 43.2 Å². The first-order valence-electron chi connectivity index (χ1n) is 10.2. The van der Waals surface area contributed by atoms with Gasteiger partial charge in [0.15, 0.2) is 11.5 Å². The third kappa shape index (κ3) is 1.60. The Hall–Kier alpha value is -1.30. The molecule has 5 aliphatic rings. The third-order valence-electron chi connectivity index (χ3n) is 8.45. The highest BCUT2D eigenvalue weighted by Crippen LogP contribution is 2.66. The maximum atomic E-state index is 12.2. The summed E-state index contributed by atoms with van der Waals surface area (Å²) in [6, 6.07) is 3.88. The topological polar surface area (TPSA) is 69.9 Å². The standard InChI is InChI=1S/C21H27NO4/c1-22(11-12-2-3-12)9-8-20-17-13-4-5-14(23)18(17)26-19(20)15(24)6-7-21(20,25)16(22)10-13/h4-5,12,15-16,19,24-25H,2-3,6-11H2,1H3/p+1/t15-,16?,19?,20+,21-,22?/m1/s1. The van der Waals surface area contributed by atoms with E-state index in [1.165, 1.54) is 18.4 Å². The average Bonchev–Trinajstić information content (AvgIpc) is 3.32. The summed E-state index contributed by atoms with van der Waals surface area (Å²) in [4.78, 5) is 0.